The zero-order valence-corrected chi connectivity index (χ0v) is 13.9. The minimum absolute atomic E-state index is 0.513. The third-order valence-corrected chi connectivity index (χ3v) is 8.13. The van der Waals surface area contributed by atoms with Gasteiger partial charge in [-0.15, -0.1) is 0 Å². The van der Waals surface area contributed by atoms with Crippen LogP contribution in [0.25, 0.3) is 0 Å². The van der Waals surface area contributed by atoms with E-state index in [2.05, 4.69) is 33.0 Å². The highest BCUT2D eigenvalue weighted by Gasteiger charge is 2.59. The smallest absolute Gasteiger partial charge is 0.0177 e. The Hall–Kier alpha value is -0.0400. The molecule has 0 aliphatic heterocycles. The molecule has 1 heteroatoms. The summed E-state index contributed by atoms with van der Waals surface area (Å²) in [6.07, 6.45) is 10.5. The summed E-state index contributed by atoms with van der Waals surface area (Å²) < 4.78 is 0. The lowest BCUT2D eigenvalue weighted by molar-refractivity contribution is 0.0853. The van der Waals surface area contributed by atoms with E-state index in [-0.39, 0.29) is 0 Å². The van der Waals surface area contributed by atoms with E-state index >= 15 is 0 Å². The molecule has 4 aliphatic carbocycles. The van der Waals surface area contributed by atoms with Crippen molar-refractivity contribution in [2.45, 2.75) is 84.7 Å². The summed E-state index contributed by atoms with van der Waals surface area (Å²) in [4.78, 5) is 0. The Morgan fingerprint density at radius 1 is 1.05 bits per heavy atom. The van der Waals surface area contributed by atoms with Gasteiger partial charge in [-0.2, -0.15) is 0 Å². The van der Waals surface area contributed by atoms with Crippen LogP contribution in [0.4, 0.5) is 0 Å². The first-order chi connectivity index (χ1) is 9.40. The average molecular weight is 275 g/mol. The molecule has 1 N–H and O–H groups in total. The largest absolute Gasteiger partial charge is 0.310 e. The zero-order valence-electron chi connectivity index (χ0n) is 13.9. The van der Waals surface area contributed by atoms with Crippen molar-refractivity contribution in [3.05, 3.63) is 0 Å². The van der Waals surface area contributed by atoms with Crippen molar-refractivity contribution < 1.29 is 0 Å². The highest BCUT2D eigenvalue weighted by molar-refractivity contribution is 5.13. The van der Waals surface area contributed by atoms with Crippen molar-refractivity contribution in [2.24, 2.45) is 34.5 Å². The number of fused-ring (bicyclic) bond motifs is 4. The molecular formula is C19H33N. The van der Waals surface area contributed by atoms with Gasteiger partial charge in [-0.05, 0) is 80.0 Å². The summed E-state index contributed by atoms with van der Waals surface area (Å²) in [6, 6.07) is 1.49. The molecule has 4 rings (SSSR count). The molecule has 0 heterocycles. The van der Waals surface area contributed by atoms with Crippen molar-refractivity contribution in [1.82, 2.24) is 5.32 Å². The van der Waals surface area contributed by atoms with Crippen LogP contribution in [0.3, 0.4) is 0 Å². The van der Waals surface area contributed by atoms with Crippen LogP contribution in [0.1, 0.15) is 72.6 Å². The van der Waals surface area contributed by atoms with Crippen molar-refractivity contribution in [3.8, 4) is 0 Å². The predicted molar refractivity (Wildman–Crippen MR) is 84.6 cm³/mol. The van der Waals surface area contributed by atoms with Gasteiger partial charge in [-0.25, -0.2) is 0 Å². The Kier molecular flexibility index (Phi) is 2.89. The quantitative estimate of drug-likeness (QED) is 0.793. The van der Waals surface area contributed by atoms with Crippen molar-refractivity contribution >= 4 is 0 Å². The van der Waals surface area contributed by atoms with Crippen LogP contribution in [0.15, 0.2) is 0 Å². The molecule has 4 fully saturated rings. The van der Waals surface area contributed by atoms with Gasteiger partial charge in [0, 0.05) is 12.1 Å². The summed E-state index contributed by atoms with van der Waals surface area (Å²) in [6.45, 7) is 10.1. The summed E-state index contributed by atoms with van der Waals surface area (Å²) in [7, 11) is 0. The van der Waals surface area contributed by atoms with E-state index in [1.807, 2.05) is 0 Å². The Morgan fingerprint density at radius 2 is 1.85 bits per heavy atom. The van der Waals surface area contributed by atoms with Gasteiger partial charge in [0.15, 0.2) is 0 Å². The van der Waals surface area contributed by atoms with Gasteiger partial charge in [0.05, 0.1) is 0 Å². The topological polar surface area (TPSA) is 12.0 Å². The maximum Gasteiger partial charge on any atom is 0.0177 e. The highest BCUT2D eigenvalue weighted by Crippen LogP contribution is 2.62. The maximum absolute atomic E-state index is 4.17. The molecule has 0 aromatic carbocycles. The molecule has 0 aromatic heterocycles. The molecule has 114 valence electrons. The monoisotopic (exact) mass is 275 g/mol. The molecule has 4 bridgehead atoms. The Bertz CT molecular complexity index is 396. The van der Waals surface area contributed by atoms with Crippen molar-refractivity contribution in [2.75, 3.05) is 0 Å². The number of hydrogen-bond acceptors (Lipinski definition) is 1. The van der Waals surface area contributed by atoms with E-state index in [4.69, 9.17) is 0 Å². The summed E-state index contributed by atoms with van der Waals surface area (Å²) in [5.41, 5.74) is 1.10. The lowest BCUT2D eigenvalue weighted by Crippen LogP contribution is -2.55. The van der Waals surface area contributed by atoms with Gasteiger partial charge in [0.1, 0.15) is 0 Å². The molecule has 0 saturated heterocycles. The van der Waals surface area contributed by atoms with Gasteiger partial charge in [-0.1, -0.05) is 27.2 Å². The fourth-order valence-corrected chi connectivity index (χ4v) is 7.01. The van der Waals surface area contributed by atoms with Crippen molar-refractivity contribution in [3.63, 3.8) is 0 Å². The normalized spacial score (nSPS) is 53.7. The molecular weight excluding hydrogens is 242 g/mol. The molecule has 0 spiro atoms. The number of nitrogens with one attached hydrogen (secondary N) is 1. The zero-order chi connectivity index (χ0) is 14.1. The van der Waals surface area contributed by atoms with Gasteiger partial charge in [-0.3, -0.25) is 0 Å². The lowest BCUT2D eigenvalue weighted by atomic mass is 9.67. The standard InChI is InChI=1S/C19H33N/c1-12(16-10-13-5-6-14(16)9-13)20-17-18(2,3)15-7-8-19(17,4)11-15/h12-17,20H,5-11H2,1-4H3. The van der Waals surface area contributed by atoms with Crippen LogP contribution in [0.5, 0.6) is 0 Å². The average Bonchev–Trinajstić information content (AvgIpc) is 3.11. The molecule has 7 atom stereocenters. The van der Waals surface area contributed by atoms with E-state index in [0.29, 0.717) is 10.8 Å². The molecule has 7 unspecified atom stereocenters. The van der Waals surface area contributed by atoms with Gasteiger partial charge in [0.2, 0.25) is 0 Å². The molecule has 0 aromatic rings. The van der Waals surface area contributed by atoms with E-state index in [9.17, 15) is 0 Å². The second-order valence-electron chi connectivity index (χ2n) is 9.64. The Labute approximate surface area is 125 Å². The second kappa shape index (κ2) is 4.24. The Morgan fingerprint density at radius 3 is 2.40 bits per heavy atom. The van der Waals surface area contributed by atoms with E-state index in [1.54, 1.807) is 6.42 Å². The molecule has 4 saturated carbocycles. The first kappa shape index (κ1) is 13.6. The van der Waals surface area contributed by atoms with Gasteiger partial charge < -0.3 is 5.32 Å². The third kappa shape index (κ3) is 1.77. The van der Waals surface area contributed by atoms with Crippen LogP contribution in [-0.4, -0.2) is 12.1 Å². The van der Waals surface area contributed by atoms with E-state index in [0.717, 1.165) is 35.8 Å². The van der Waals surface area contributed by atoms with E-state index < -0.39 is 0 Å². The fourth-order valence-electron chi connectivity index (χ4n) is 7.01. The van der Waals surface area contributed by atoms with E-state index in [1.165, 1.54) is 38.5 Å². The molecule has 0 amide bonds. The molecule has 20 heavy (non-hydrogen) atoms. The predicted octanol–water partition coefficient (Wildman–Crippen LogP) is 4.62. The Balaban J connectivity index is 1.48. The number of rotatable bonds is 3. The first-order valence-electron chi connectivity index (χ1n) is 9.16. The summed E-state index contributed by atoms with van der Waals surface area (Å²) >= 11 is 0. The van der Waals surface area contributed by atoms with Crippen LogP contribution >= 0.6 is 0 Å². The maximum atomic E-state index is 4.17. The van der Waals surface area contributed by atoms with Gasteiger partial charge in [0.25, 0.3) is 0 Å². The second-order valence-corrected chi connectivity index (χ2v) is 9.64. The molecule has 4 aliphatic rings. The lowest BCUT2D eigenvalue weighted by Gasteiger charge is -2.46. The molecule has 0 radical (unpaired) electrons. The minimum Gasteiger partial charge on any atom is -0.310 e. The highest BCUT2D eigenvalue weighted by atomic mass is 15.0. The van der Waals surface area contributed by atoms with Gasteiger partial charge >= 0.3 is 0 Å². The molecule has 1 nitrogen and oxygen atoms in total. The van der Waals surface area contributed by atoms with Crippen LogP contribution < -0.4 is 5.32 Å². The van der Waals surface area contributed by atoms with Crippen molar-refractivity contribution in [1.29, 1.82) is 0 Å². The summed E-state index contributed by atoms with van der Waals surface area (Å²) in [5.74, 6) is 4.08. The first-order valence-corrected chi connectivity index (χ1v) is 9.16. The van der Waals surface area contributed by atoms with Crippen LogP contribution in [-0.2, 0) is 0 Å². The summed E-state index contributed by atoms with van der Waals surface area (Å²) in [5, 5.41) is 4.17. The third-order valence-electron chi connectivity index (χ3n) is 8.13. The fraction of sp³-hybridized carbons (Fsp3) is 1.00. The number of hydrogen-bond donors (Lipinski definition) is 1. The van der Waals surface area contributed by atoms with Crippen LogP contribution in [0, 0.1) is 34.5 Å². The minimum atomic E-state index is 0.513. The van der Waals surface area contributed by atoms with Crippen LogP contribution in [0.2, 0.25) is 0 Å². The SMILES string of the molecule is CC(NC1C2(C)CCC(C2)C1(C)C)C1CC2CCC1C2.